The van der Waals surface area contributed by atoms with E-state index in [1.807, 2.05) is 0 Å². The summed E-state index contributed by atoms with van der Waals surface area (Å²) >= 11 is 4.97. The van der Waals surface area contributed by atoms with Crippen LogP contribution in [0.3, 0.4) is 0 Å². The molecule has 0 spiro atoms. The summed E-state index contributed by atoms with van der Waals surface area (Å²) in [7, 11) is 1.51. The molecule has 83 valence electrons. The minimum Gasteiger partial charge on any atom is -0.477 e. The van der Waals surface area contributed by atoms with Crippen molar-refractivity contribution in [2.45, 2.75) is 11.6 Å². The van der Waals surface area contributed by atoms with E-state index in [0.29, 0.717) is 5.82 Å². The number of aromatic carboxylic acids is 1. The molecule has 0 aliphatic rings. The number of hydrogen-bond donors (Lipinski definition) is 1. The smallest absolute Gasteiger partial charge is 0.354 e. The van der Waals surface area contributed by atoms with Gasteiger partial charge in [-0.25, -0.2) is 9.78 Å². The van der Waals surface area contributed by atoms with Gasteiger partial charge in [-0.3, -0.25) is 0 Å². The molecular formula is C8H7N4O3S. The van der Waals surface area contributed by atoms with E-state index in [-0.39, 0.29) is 23.1 Å². The number of hydrogen-bond acceptors (Lipinski definition) is 5. The molecule has 0 unspecified atom stereocenters. The number of fused-ring (bicyclic) bond motifs is 1. The Labute approximate surface area is 95.5 Å². The molecular weight excluding hydrogens is 232 g/mol. The van der Waals surface area contributed by atoms with Crippen LogP contribution in [0, 0.1) is 0 Å². The predicted octanol–water partition coefficient (Wildman–Crippen LogP) is 0.525. The van der Waals surface area contributed by atoms with Crippen molar-refractivity contribution in [1.29, 1.82) is 0 Å². The van der Waals surface area contributed by atoms with E-state index >= 15 is 0 Å². The highest BCUT2D eigenvalue weighted by Gasteiger charge is 2.13. The van der Waals surface area contributed by atoms with E-state index in [4.69, 9.17) is 22.5 Å². The molecule has 0 atom stereocenters. The van der Waals surface area contributed by atoms with Crippen LogP contribution in [0.4, 0.5) is 0 Å². The minimum atomic E-state index is -1.15. The summed E-state index contributed by atoms with van der Waals surface area (Å²) in [6.07, 6.45) is 0. The Hall–Kier alpha value is -1.80. The normalized spacial score (nSPS) is 10.8. The average Bonchev–Trinajstić information content (AvgIpc) is 2.61. The van der Waals surface area contributed by atoms with Crippen LogP contribution in [0.25, 0.3) is 5.78 Å². The molecule has 16 heavy (non-hydrogen) atoms. The molecule has 2 rings (SSSR count). The van der Waals surface area contributed by atoms with E-state index in [9.17, 15) is 4.79 Å². The van der Waals surface area contributed by atoms with Crippen molar-refractivity contribution in [3.05, 3.63) is 17.6 Å². The van der Waals surface area contributed by atoms with Crippen LogP contribution in [0.5, 0.6) is 0 Å². The fourth-order valence-electron chi connectivity index (χ4n) is 1.18. The van der Waals surface area contributed by atoms with Gasteiger partial charge in [0.05, 0.1) is 0 Å². The first kappa shape index (κ1) is 10.7. The molecule has 0 saturated carbocycles. The van der Waals surface area contributed by atoms with Crippen molar-refractivity contribution < 1.29 is 14.6 Å². The molecule has 0 bridgehead atoms. The van der Waals surface area contributed by atoms with Crippen LogP contribution in [0.1, 0.15) is 16.3 Å². The van der Waals surface area contributed by atoms with Gasteiger partial charge in [-0.1, -0.05) is 12.6 Å². The summed E-state index contributed by atoms with van der Waals surface area (Å²) in [5.41, 5.74) is -0.145. The fourth-order valence-corrected chi connectivity index (χ4v) is 1.42. The van der Waals surface area contributed by atoms with Crippen LogP contribution >= 0.6 is 12.6 Å². The molecule has 0 fully saturated rings. The average molecular weight is 239 g/mol. The van der Waals surface area contributed by atoms with E-state index in [1.54, 1.807) is 0 Å². The van der Waals surface area contributed by atoms with Crippen LogP contribution in [0.2, 0.25) is 0 Å². The summed E-state index contributed by atoms with van der Waals surface area (Å²) in [6.45, 7) is 0.223. The second-order valence-corrected chi connectivity index (χ2v) is 3.38. The van der Waals surface area contributed by atoms with Gasteiger partial charge in [-0.15, -0.1) is 5.10 Å². The standard InChI is InChI=1S/C8H7N4O3S/c1-15-3-5-10-8-9-4(7(13)14)2-6(16)12(8)11-5/h2H,3H2,1H3,(H,13,14). The SMILES string of the molecule is COCc1nc2nc(C(=O)O)cc([S])n2n1. The van der Waals surface area contributed by atoms with Crippen molar-refractivity contribution in [3.8, 4) is 0 Å². The fraction of sp³-hybridized carbons (Fsp3) is 0.250. The molecule has 8 heteroatoms. The van der Waals surface area contributed by atoms with E-state index in [0.717, 1.165) is 0 Å². The summed E-state index contributed by atoms with van der Waals surface area (Å²) in [6, 6.07) is 1.26. The van der Waals surface area contributed by atoms with Crippen molar-refractivity contribution >= 4 is 24.4 Å². The molecule has 2 aromatic heterocycles. The van der Waals surface area contributed by atoms with Crippen molar-refractivity contribution in [1.82, 2.24) is 19.6 Å². The Morgan fingerprint density at radius 2 is 2.38 bits per heavy atom. The molecule has 7 nitrogen and oxygen atoms in total. The van der Waals surface area contributed by atoms with Crippen LogP contribution in [0.15, 0.2) is 11.1 Å². The second-order valence-electron chi connectivity index (χ2n) is 2.96. The highest BCUT2D eigenvalue weighted by molar-refractivity contribution is 7.80. The first-order valence-electron chi connectivity index (χ1n) is 4.27. The summed E-state index contributed by atoms with van der Waals surface area (Å²) in [5.74, 6) is -0.578. The number of nitrogens with zero attached hydrogens (tertiary/aromatic N) is 4. The van der Waals surface area contributed by atoms with Crippen LogP contribution in [-0.2, 0) is 11.3 Å². The number of methoxy groups -OCH3 is 1. The molecule has 0 aliphatic carbocycles. The number of carboxylic acids is 1. The molecule has 2 aromatic rings. The van der Waals surface area contributed by atoms with Gasteiger partial charge >= 0.3 is 5.97 Å². The Bertz CT molecular complexity index is 553. The molecule has 1 N–H and O–H groups in total. The van der Waals surface area contributed by atoms with Gasteiger partial charge in [0.2, 0.25) is 0 Å². The quantitative estimate of drug-likeness (QED) is 0.785. The largest absolute Gasteiger partial charge is 0.477 e. The van der Waals surface area contributed by atoms with Gasteiger partial charge in [-0.05, 0) is 0 Å². The maximum absolute atomic E-state index is 10.7. The lowest BCUT2D eigenvalue weighted by Gasteiger charge is -1.96. The van der Waals surface area contributed by atoms with Crippen molar-refractivity contribution in [3.63, 3.8) is 0 Å². The Morgan fingerprint density at radius 3 is 3.00 bits per heavy atom. The Morgan fingerprint density at radius 1 is 1.62 bits per heavy atom. The van der Waals surface area contributed by atoms with Gasteiger partial charge < -0.3 is 9.84 Å². The van der Waals surface area contributed by atoms with E-state index in [2.05, 4.69) is 15.1 Å². The lowest BCUT2D eigenvalue weighted by atomic mass is 10.4. The van der Waals surface area contributed by atoms with Gasteiger partial charge in [-0.2, -0.15) is 9.50 Å². The highest BCUT2D eigenvalue weighted by atomic mass is 32.1. The Kier molecular flexibility index (Phi) is 2.67. The van der Waals surface area contributed by atoms with Crippen LogP contribution in [-0.4, -0.2) is 37.8 Å². The minimum absolute atomic E-state index is 0.145. The molecule has 2 heterocycles. The number of carboxylic acid groups (broad SMARTS) is 1. The second kappa shape index (κ2) is 3.99. The maximum Gasteiger partial charge on any atom is 0.354 e. The number of aromatic nitrogens is 4. The zero-order chi connectivity index (χ0) is 11.7. The summed E-state index contributed by atoms with van der Waals surface area (Å²) in [5, 5.41) is 13.1. The first-order chi connectivity index (χ1) is 7.61. The lowest BCUT2D eigenvalue weighted by Crippen LogP contribution is -2.04. The molecule has 0 aromatic carbocycles. The van der Waals surface area contributed by atoms with E-state index in [1.165, 1.54) is 17.7 Å². The first-order valence-corrected chi connectivity index (χ1v) is 4.68. The highest BCUT2D eigenvalue weighted by Crippen LogP contribution is 2.10. The third kappa shape index (κ3) is 1.79. The molecule has 0 amide bonds. The number of ether oxygens (including phenoxy) is 1. The van der Waals surface area contributed by atoms with E-state index < -0.39 is 5.97 Å². The monoisotopic (exact) mass is 239 g/mol. The third-order valence-corrected chi connectivity index (χ3v) is 2.11. The number of rotatable bonds is 3. The maximum atomic E-state index is 10.7. The topological polar surface area (TPSA) is 89.6 Å². The van der Waals surface area contributed by atoms with Gasteiger partial charge in [0.25, 0.3) is 5.78 Å². The third-order valence-electron chi connectivity index (χ3n) is 1.82. The molecule has 0 saturated heterocycles. The molecule has 0 aliphatic heterocycles. The van der Waals surface area contributed by atoms with Gasteiger partial charge in [0.15, 0.2) is 11.5 Å². The zero-order valence-corrected chi connectivity index (χ0v) is 9.06. The van der Waals surface area contributed by atoms with Gasteiger partial charge in [0.1, 0.15) is 11.6 Å². The lowest BCUT2D eigenvalue weighted by molar-refractivity contribution is 0.0690. The predicted molar refractivity (Wildman–Crippen MR) is 54.3 cm³/mol. The Balaban J connectivity index is 2.58. The van der Waals surface area contributed by atoms with Crippen LogP contribution < -0.4 is 0 Å². The number of carbonyl (C=O) groups is 1. The van der Waals surface area contributed by atoms with Gasteiger partial charge in [0, 0.05) is 13.2 Å². The summed E-state index contributed by atoms with van der Waals surface area (Å²) in [4.78, 5) is 18.5. The molecule has 1 radical (unpaired) electrons. The summed E-state index contributed by atoms with van der Waals surface area (Å²) < 4.78 is 6.16. The van der Waals surface area contributed by atoms with Crippen molar-refractivity contribution in [2.75, 3.05) is 7.11 Å². The zero-order valence-electron chi connectivity index (χ0n) is 8.25. The van der Waals surface area contributed by atoms with Crippen molar-refractivity contribution in [2.24, 2.45) is 0 Å².